The summed E-state index contributed by atoms with van der Waals surface area (Å²) in [4.78, 5) is 14.4. The molecule has 7 heteroatoms. The van der Waals surface area contributed by atoms with Gasteiger partial charge in [0.2, 0.25) is 0 Å². The van der Waals surface area contributed by atoms with Crippen molar-refractivity contribution in [3.05, 3.63) is 53.6 Å². The van der Waals surface area contributed by atoms with Crippen LogP contribution in [0, 0.1) is 0 Å². The molecule has 0 saturated heterocycles. The van der Waals surface area contributed by atoms with E-state index in [1.165, 1.54) is 24.3 Å². The van der Waals surface area contributed by atoms with Gasteiger partial charge in [-0.05, 0) is 54.8 Å². The van der Waals surface area contributed by atoms with Crippen LogP contribution in [0.4, 0.5) is 24.5 Å². The topological polar surface area (TPSA) is 55.6 Å². The van der Waals surface area contributed by atoms with E-state index in [1.807, 2.05) is 6.07 Å². The predicted octanol–water partition coefficient (Wildman–Crippen LogP) is 3.80. The van der Waals surface area contributed by atoms with E-state index in [9.17, 15) is 18.0 Å². The largest absolute Gasteiger partial charge is 0.484 e. The predicted molar refractivity (Wildman–Crippen MR) is 88.8 cm³/mol. The van der Waals surface area contributed by atoms with Gasteiger partial charge in [0.05, 0.1) is 0 Å². The zero-order chi connectivity index (χ0) is 18.0. The maximum absolute atomic E-state index is 12.8. The summed E-state index contributed by atoms with van der Waals surface area (Å²) < 4.78 is 41.2. The smallest absolute Gasteiger partial charge is 0.422 e. The number of nitrogens with two attached hydrogens (primary N) is 1. The molecule has 132 valence electrons. The zero-order valence-electron chi connectivity index (χ0n) is 13.3. The molecule has 2 aromatic carbocycles. The van der Waals surface area contributed by atoms with Gasteiger partial charge in [-0.15, -0.1) is 0 Å². The SMILES string of the molecule is Nc1cccc2c1CCCN2C(=O)c1ccc(OCC(F)(F)F)cc1. The molecular formula is C18H17F3N2O2. The third-order valence-electron chi connectivity index (χ3n) is 4.04. The molecule has 1 aliphatic rings. The lowest BCUT2D eigenvalue weighted by atomic mass is 9.99. The lowest BCUT2D eigenvalue weighted by molar-refractivity contribution is -0.153. The van der Waals surface area contributed by atoms with Gasteiger partial charge in [0.25, 0.3) is 5.91 Å². The van der Waals surface area contributed by atoms with Gasteiger partial charge < -0.3 is 15.4 Å². The van der Waals surface area contributed by atoms with Crippen molar-refractivity contribution in [2.24, 2.45) is 0 Å². The lowest BCUT2D eigenvalue weighted by Crippen LogP contribution is -2.35. The second-order valence-electron chi connectivity index (χ2n) is 5.83. The summed E-state index contributed by atoms with van der Waals surface area (Å²) in [6.45, 7) is -0.791. The second-order valence-corrected chi connectivity index (χ2v) is 5.83. The number of carbonyl (C=O) groups is 1. The van der Waals surface area contributed by atoms with Crippen LogP contribution in [0.15, 0.2) is 42.5 Å². The summed E-state index contributed by atoms with van der Waals surface area (Å²) >= 11 is 0. The first kappa shape index (κ1) is 17.1. The molecule has 25 heavy (non-hydrogen) atoms. The Morgan fingerprint density at radius 3 is 2.56 bits per heavy atom. The van der Waals surface area contributed by atoms with Crippen molar-refractivity contribution >= 4 is 17.3 Å². The van der Waals surface area contributed by atoms with Gasteiger partial charge in [0, 0.05) is 23.5 Å². The Kier molecular flexibility index (Phi) is 4.57. The van der Waals surface area contributed by atoms with E-state index >= 15 is 0 Å². The summed E-state index contributed by atoms with van der Waals surface area (Å²) in [5.41, 5.74) is 8.76. The molecule has 0 radical (unpaired) electrons. The lowest BCUT2D eigenvalue weighted by Gasteiger charge is -2.30. The van der Waals surface area contributed by atoms with Crippen LogP contribution in [0.5, 0.6) is 5.75 Å². The minimum atomic E-state index is -4.40. The molecule has 1 aliphatic heterocycles. The molecule has 1 heterocycles. The zero-order valence-corrected chi connectivity index (χ0v) is 13.3. The van der Waals surface area contributed by atoms with Gasteiger partial charge in [-0.1, -0.05) is 6.07 Å². The van der Waals surface area contributed by atoms with Crippen molar-refractivity contribution in [3.63, 3.8) is 0 Å². The molecule has 2 N–H and O–H groups in total. The van der Waals surface area contributed by atoms with E-state index in [1.54, 1.807) is 17.0 Å². The average Bonchev–Trinajstić information content (AvgIpc) is 2.59. The normalized spacial score (nSPS) is 14.1. The number of hydrogen-bond donors (Lipinski definition) is 1. The molecule has 0 aliphatic carbocycles. The van der Waals surface area contributed by atoms with E-state index in [2.05, 4.69) is 4.74 Å². The molecule has 0 fully saturated rings. The number of benzene rings is 2. The number of nitrogen functional groups attached to an aromatic ring is 1. The van der Waals surface area contributed by atoms with Crippen molar-refractivity contribution in [2.75, 3.05) is 23.8 Å². The number of ether oxygens (including phenoxy) is 1. The molecular weight excluding hydrogens is 333 g/mol. The molecule has 0 unspecified atom stereocenters. The first-order valence-corrected chi connectivity index (χ1v) is 7.84. The Morgan fingerprint density at radius 2 is 1.88 bits per heavy atom. The van der Waals surface area contributed by atoms with Gasteiger partial charge in [-0.25, -0.2) is 0 Å². The number of alkyl halides is 3. The summed E-state index contributed by atoms with van der Waals surface area (Å²) in [5, 5.41) is 0. The van der Waals surface area contributed by atoms with Crippen LogP contribution in [0.25, 0.3) is 0 Å². The number of hydrogen-bond acceptors (Lipinski definition) is 3. The third-order valence-corrected chi connectivity index (χ3v) is 4.04. The highest BCUT2D eigenvalue weighted by atomic mass is 19.4. The fraction of sp³-hybridized carbons (Fsp3) is 0.278. The van der Waals surface area contributed by atoms with Crippen molar-refractivity contribution in [1.29, 1.82) is 0 Å². The summed E-state index contributed by atoms with van der Waals surface area (Å²) in [6.07, 6.45) is -2.78. The van der Waals surface area contributed by atoms with E-state index in [-0.39, 0.29) is 11.7 Å². The van der Waals surface area contributed by atoms with E-state index in [0.717, 1.165) is 24.1 Å². The number of amides is 1. The van der Waals surface area contributed by atoms with Gasteiger partial charge >= 0.3 is 6.18 Å². The van der Waals surface area contributed by atoms with Crippen LogP contribution in [-0.2, 0) is 6.42 Å². The number of carbonyl (C=O) groups excluding carboxylic acids is 1. The highest BCUT2D eigenvalue weighted by molar-refractivity contribution is 6.07. The molecule has 1 amide bonds. The fourth-order valence-electron chi connectivity index (χ4n) is 2.88. The number of nitrogens with zero attached hydrogens (tertiary/aromatic N) is 1. The summed E-state index contributed by atoms with van der Waals surface area (Å²) in [6, 6.07) is 11.1. The van der Waals surface area contributed by atoms with Gasteiger partial charge in [-0.3, -0.25) is 4.79 Å². The Balaban J connectivity index is 1.77. The molecule has 0 aromatic heterocycles. The average molecular weight is 350 g/mol. The number of halogens is 3. The maximum atomic E-state index is 12.8. The fourth-order valence-corrected chi connectivity index (χ4v) is 2.88. The van der Waals surface area contributed by atoms with Crippen LogP contribution >= 0.6 is 0 Å². The molecule has 0 bridgehead atoms. The number of rotatable bonds is 3. The van der Waals surface area contributed by atoms with E-state index in [0.29, 0.717) is 17.8 Å². The molecule has 0 spiro atoms. The Labute approximate surface area is 143 Å². The maximum Gasteiger partial charge on any atom is 0.422 e. The summed E-state index contributed by atoms with van der Waals surface area (Å²) in [7, 11) is 0. The molecule has 0 saturated carbocycles. The van der Waals surface area contributed by atoms with Crippen molar-refractivity contribution in [1.82, 2.24) is 0 Å². The van der Waals surface area contributed by atoms with Crippen molar-refractivity contribution in [2.45, 2.75) is 19.0 Å². The van der Waals surface area contributed by atoms with Crippen LogP contribution in [0.2, 0.25) is 0 Å². The number of fused-ring (bicyclic) bond motifs is 1. The van der Waals surface area contributed by atoms with Gasteiger partial charge in [0.15, 0.2) is 6.61 Å². The van der Waals surface area contributed by atoms with Crippen LogP contribution < -0.4 is 15.4 Å². The highest BCUT2D eigenvalue weighted by Crippen LogP contribution is 2.32. The van der Waals surface area contributed by atoms with E-state index in [4.69, 9.17) is 5.73 Å². The van der Waals surface area contributed by atoms with Crippen LogP contribution in [0.1, 0.15) is 22.3 Å². The monoisotopic (exact) mass is 350 g/mol. The standard InChI is InChI=1S/C18H17F3N2O2/c19-18(20,21)11-25-13-8-6-12(7-9-13)17(24)23-10-2-3-14-15(22)4-1-5-16(14)23/h1,4-9H,2-3,10-11,22H2. The minimum absolute atomic E-state index is 0.0668. The Hall–Kier alpha value is -2.70. The van der Waals surface area contributed by atoms with Crippen LogP contribution in [0.3, 0.4) is 0 Å². The van der Waals surface area contributed by atoms with Crippen molar-refractivity contribution in [3.8, 4) is 5.75 Å². The molecule has 4 nitrogen and oxygen atoms in total. The first-order chi connectivity index (χ1) is 11.8. The Bertz CT molecular complexity index is 773. The number of anilines is 2. The van der Waals surface area contributed by atoms with Crippen molar-refractivity contribution < 1.29 is 22.7 Å². The third kappa shape index (κ3) is 3.87. The molecule has 0 atom stereocenters. The van der Waals surface area contributed by atoms with Gasteiger partial charge in [0.1, 0.15) is 5.75 Å². The first-order valence-electron chi connectivity index (χ1n) is 7.84. The van der Waals surface area contributed by atoms with Crippen LogP contribution in [-0.4, -0.2) is 25.2 Å². The van der Waals surface area contributed by atoms with Gasteiger partial charge in [-0.2, -0.15) is 13.2 Å². The van der Waals surface area contributed by atoms with E-state index < -0.39 is 12.8 Å². The molecule has 3 rings (SSSR count). The minimum Gasteiger partial charge on any atom is -0.484 e. The Morgan fingerprint density at radius 1 is 1.16 bits per heavy atom. The second kappa shape index (κ2) is 6.66. The highest BCUT2D eigenvalue weighted by Gasteiger charge is 2.28. The quantitative estimate of drug-likeness (QED) is 0.857. The summed E-state index contributed by atoms with van der Waals surface area (Å²) in [5.74, 6) is -0.147. The molecule has 2 aromatic rings.